The van der Waals surface area contributed by atoms with Crippen LogP contribution in [0.25, 0.3) is 0 Å². The van der Waals surface area contributed by atoms with Crippen LogP contribution < -0.4 is 4.74 Å². The summed E-state index contributed by atoms with van der Waals surface area (Å²) >= 11 is 0. The quantitative estimate of drug-likeness (QED) is 0.733. The Morgan fingerprint density at radius 3 is 2.43 bits per heavy atom. The Balaban J connectivity index is 2.59. The topological polar surface area (TPSA) is 38.7 Å². The molecular formula is C11H16O3. The molecule has 3 heteroatoms. The molecule has 0 bridgehead atoms. The van der Waals surface area contributed by atoms with Crippen LogP contribution >= 0.6 is 0 Å². The first kappa shape index (κ1) is 11.0. The minimum absolute atomic E-state index is 0.246. The van der Waals surface area contributed by atoms with Crippen molar-refractivity contribution in [1.82, 2.24) is 0 Å². The first-order chi connectivity index (χ1) is 6.77. The van der Waals surface area contributed by atoms with Gasteiger partial charge in [-0.2, -0.15) is 0 Å². The highest BCUT2D eigenvalue weighted by Crippen LogP contribution is 2.19. The summed E-state index contributed by atoms with van der Waals surface area (Å²) in [4.78, 5) is 0. The Morgan fingerprint density at radius 1 is 1.29 bits per heavy atom. The monoisotopic (exact) mass is 196 g/mol. The average molecular weight is 196 g/mol. The van der Waals surface area contributed by atoms with Crippen LogP contribution in [0.4, 0.5) is 0 Å². The van der Waals surface area contributed by atoms with Gasteiger partial charge < -0.3 is 14.6 Å². The van der Waals surface area contributed by atoms with Crippen molar-refractivity contribution < 1.29 is 14.6 Å². The predicted molar refractivity (Wildman–Crippen MR) is 54.2 cm³/mol. The molecule has 0 aliphatic carbocycles. The number of methoxy groups -OCH3 is 1. The van der Waals surface area contributed by atoms with Crippen LogP contribution in [0.1, 0.15) is 25.0 Å². The van der Waals surface area contributed by atoms with E-state index < -0.39 is 0 Å². The number of hydrogen-bond donors (Lipinski definition) is 1. The zero-order chi connectivity index (χ0) is 10.4. The Labute approximate surface area is 84.3 Å². The molecule has 0 aliphatic heterocycles. The third kappa shape index (κ3) is 3.01. The van der Waals surface area contributed by atoms with Crippen molar-refractivity contribution in [2.75, 3.05) is 13.9 Å². The van der Waals surface area contributed by atoms with Crippen LogP contribution in [-0.4, -0.2) is 19.0 Å². The SMILES string of the molecule is CC[C@H](O)c1ccc(OCOC)cc1. The summed E-state index contributed by atoms with van der Waals surface area (Å²) in [7, 11) is 1.58. The summed E-state index contributed by atoms with van der Waals surface area (Å²) in [6.07, 6.45) is 0.338. The number of ether oxygens (including phenoxy) is 2. The van der Waals surface area contributed by atoms with Crippen molar-refractivity contribution >= 4 is 0 Å². The number of rotatable bonds is 5. The van der Waals surface area contributed by atoms with Crippen LogP contribution in [0, 0.1) is 0 Å². The van der Waals surface area contributed by atoms with E-state index in [1.807, 2.05) is 31.2 Å². The van der Waals surface area contributed by atoms with Gasteiger partial charge in [-0.05, 0) is 24.1 Å². The molecule has 0 amide bonds. The molecule has 0 heterocycles. The summed E-state index contributed by atoms with van der Waals surface area (Å²) in [5.41, 5.74) is 0.914. The second-order valence-electron chi connectivity index (χ2n) is 3.04. The van der Waals surface area contributed by atoms with Gasteiger partial charge in [-0.3, -0.25) is 0 Å². The Morgan fingerprint density at radius 2 is 1.93 bits per heavy atom. The van der Waals surface area contributed by atoms with Gasteiger partial charge in [0, 0.05) is 7.11 Å². The lowest BCUT2D eigenvalue weighted by Gasteiger charge is -2.09. The fraction of sp³-hybridized carbons (Fsp3) is 0.455. The van der Waals surface area contributed by atoms with Gasteiger partial charge in [-0.15, -0.1) is 0 Å². The molecule has 0 spiro atoms. The lowest BCUT2D eigenvalue weighted by Crippen LogP contribution is -1.99. The highest BCUT2D eigenvalue weighted by molar-refractivity contribution is 5.28. The van der Waals surface area contributed by atoms with Gasteiger partial charge in [-0.1, -0.05) is 19.1 Å². The van der Waals surface area contributed by atoms with Crippen molar-refractivity contribution in [3.63, 3.8) is 0 Å². The molecule has 78 valence electrons. The first-order valence-corrected chi connectivity index (χ1v) is 4.67. The Kier molecular flexibility index (Phi) is 4.43. The molecule has 1 aromatic rings. The highest BCUT2D eigenvalue weighted by Gasteiger charge is 2.03. The lowest BCUT2D eigenvalue weighted by atomic mass is 10.1. The summed E-state index contributed by atoms with van der Waals surface area (Å²) in [6.45, 7) is 2.19. The van der Waals surface area contributed by atoms with Crippen LogP contribution in [0.5, 0.6) is 5.75 Å². The van der Waals surface area contributed by atoms with E-state index in [0.29, 0.717) is 0 Å². The van der Waals surface area contributed by atoms with Crippen LogP contribution in [0.2, 0.25) is 0 Å². The molecule has 0 aromatic heterocycles. The van der Waals surface area contributed by atoms with Crippen LogP contribution in [0.3, 0.4) is 0 Å². The van der Waals surface area contributed by atoms with E-state index in [2.05, 4.69) is 0 Å². The van der Waals surface area contributed by atoms with Crippen molar-refractivity contribution in [1.29, 1.82) is 0 Å². The molecule has 3 nitrogen and oxygen atoms in total. The minimum Gasteiger partial charge on any atom is -0.468 e. The smallest absolute Gasteiger partial charge is 0.188 e. The second-order valence-corrected chi connectivity index (χ2v) is 3.04. The number of hydrogen-bond acceptors (Lipinski definition) is 3. The maximum atomic E-state index is 9.53. The Bertz CT molecular complexity index is 256. The van der Waals surface area contributed by atoms with Gasteiger partial charge in [0.1, 0.15) is 5.75 Å². The molecule has 0 aliphatic rings. The molecule has 0 saturated carbocycles. The zero-order valence-corrected chi connectivity index (χ0v) is 8.56. The molecule has 1 aromatic carbocycles. The molecule has 0 saturated heterocycles. The number of aliphatic hydroxyl groups excluding tert-OH is 1. The predicted octanol–water partition coefficient (Wildman–Crippen LogP) is 2.11. The largest absolute Gasteiger partial charge is 0.468 e. The maximum absolute atomic E-state index is 9.53. The van der Waals surface area contributed by atoms with Gasteiger partial charge in [-0.25, -0.2) is 0 Å². The van der Waals surface area contributed by atoms with E-state index in [9.17, 15) is 5.11 Å². The third-order valence-electron chi connectivity index (χ3n) is 2.00. The van der Waals surface area contributed by atoms with Crippen molar-refractivity contribution in [3.05, 3.63) is 29.8 Å². The zero-order valence-electron chi connectivity index (χ0n) is 8.56. The molecule has 0 unspecified atom stereocenters. The van der Waals surface area contributed by atoms with Gasteiger partial charge in [0.15, 0.2) is 6.79 Å². The number of benzene rings is 1. The van der Waals surface area contributed by atoms with E-state index in [-0.39, 0.29) is 12.9 Å². The third-order valence-corrected chi connectivity index (χ3v) is 2.00. The lowest BCUT2D eigenvalue weighted by molar-refractivity contribution is 0.0511. The van der Waals surface area contributed by atoms with E-state index >= 15 is 0 Å². The first-order valence-electron chi connectivity index (χ1n) is 4.67. The molecule has 0 radical (unpaired) electrons. The Hall–Kier alpha value is -1.06. The van der Waals surface area contributed by atoms with Crippen LogP contribution in [-0.2, 0) is 4.74 Å². The standard InChI is InChI=1S/C11H16O3/c1-3-11(12)9-4-6-10(7-5-9)14-8-13-2/h4-7,11-12H,3,8H2,1-2H3/t11-/m0/s1. The van der Waals surface area contributed by atoms with E-state index in [1.165, 1.54) is 0 Å². The number of aliphatic hydroxyl groups is 1. The summed E-state index contributed by atoms with van der Waals surface area (Å²) in [6, 6.07) is 7.37. The summed E-state index contributed by atoms with van der Waals surface area (Å²) in [5, 5.41) is 9.53. The van der Waals surface area contributed by atoms with Crippen molar-refractivity contribution in [3.8, 4) is 5.75 Å². The normalized spacial score (nSPS) is 12.5. The summed E-state index contributed by atoms with van der Waals surface area (Å²) < 4.78 is 9.99. The van der Waals surface area contributed by atoms with E-state index in [0.717, 1.165) is 17.7 Å². The van der Waals surface area contributed by atoms with Crippen LogP contribution in [0.15, 0.2) is 24.3 Å². The maximum Gasteiger partial charge on any atom is 0.188 e. The molecule has 14 heavy (non-hydrogen) atoms. The molecular weight excluding hydrogens is 180 g/mol. The summed E-state index contributed by atoms with van der Waals surface area (Å²) in [5.74, 6) is 0.749. The fourth-order valence-corrected chi connectivity index (χ4v) is 1.15. The fourth-order valence-electron chi connectivity index (χ4n) is 1.15. The van der Waals surface area contributed by atoms with Gasteiger partial charge in [0.25, 0.3) is 0 Å². The van der Waals surface area contributed by atoms with Crippen molar-refractivity contribution in [2.24, 2.45) is 0 Å². The van der Waals surface area contributed by atoms with E-state index in [4.69, 9.17) is 9.47 Å². The molecule has 0 fully saturated rings. The highest BCUT2D eigenvalue weighted by atomic mass is 16.7. The molecule has 1 N–H and O–H groups in total. The molecule has 1 rings (SSSR count). The second kappa shape index (κ2) is 5.62. The van der Waals surface area contributed by atoms with E-state index in [1.54, 1.807) is 7.11 Å². The van der Waals surface area contributed by atoms with Gasteiger partial charge >= 0.3 is 0 Å². The van der Waals surface area contributed by atoms with Gasteiger partial charge in [0.2, 0.25) is 0 Å². The van der Waals surface area contributed by atoms with Crippen molar-refractivity contribution in [2.45, 2.75) is 19.4 Å². The average Bonchev–Trinajstić information content (AvgIpc) is 2.26. The van der Waals surface area contributed by atoms with Gasteiger partial charge in [0.05, 0.1) is 6.10 Å². The molecule has 1 atom stereocenters. The minimum atomic E-state index is -0.383.